The molecule has 3 aromatic carbocycles. The third kappa shape index (κ3) is 4.11. The number of methoxy groups -OCH3 is 1. The van der Waals surface area contributed by atoms with E-state index in [1.165, 1.54) is 11.1 Å². The highest BCUT2D eigenvalue weighted by Crippen LogP contribution is 2.39. The van der Waals surface area contributed by atoms with Crippen molar-refractivity contribution < 1.29 is 4.74 Å². The summed E-state index contributed by atoms with van der Waals surface area (Å²) in [6.45, 7) is 5.14. The molecule has 0 saturated carbocycles. The maximum atomic E-state index is 6.12. The molecule has 0 saturated heterocycles. The molecule has 1 aliphatic rings. The van der Waals surface area contributed by atoms with Gasteiger partial charge in [0, 0.05) is 28.9 Å². The third-order valence-corrected chi connectivity index (χ3v) is 7.58. The monoisotopic (exact) mass is 506 g/mol. The third-order valence-electron chi connectivity index (χ3n) is 7.28. The minimum Gasteiger partial charge on any atom is -0.497 e. The standard InChI is InChI=1S/C31H30N4OS/c1-20-11-13-23(14-12-20)29-33-35-28(30(37)32-26-10-5-4-8-21(26)2)27(22-15-17-24(36-3)18-16-22)25-9-6-7-19-34(29)31(25)35/h4-5,8,10-18H,6-7,9,19H2,1-3H3,(H,32,37). The summed E-state index contributed by atoms with van der Waals surface area (Å²) in [6, 6.07) is 25.2. The first-order chi connectivity index (χ1) is 18.0. The number of thiocarbonyl (C=S) groups is 1. The minimum atomic E-state index is 0.669. The van der Waals surface area contributed by atoms with Crippen LogP contribution in [0.1, 0.15) is 35.2 Å². The summed E-state index contributed by atoms with van der Waals surface area (Å²) in [5.41, 5.74) is 10.2. The van der Waals surface area contributed by atoms with Crippen LogP contribution in [0.5, 0.6) is 5.75 Å². The summed E-state index contributed by atoms with van der Waals surface area (Å²) < 4.78 is 9.91. The highest BCUT2D eigenvalue weighted by Gasteiger charge is 2.29. The number of aromatic nitrogens is 3. The predicted molar refractivity (Wildman–Crippen MR) is 155 cm³/mol. The summed E-state index contributed by atoms with van der Waals surface area (Å²) in [4.78, 5) is 0.669. The lowest BCUT2D eigenvalue weighted by atomic mass is 9.98. The number of para-hydroxylation sites is 1. The highest BCUT2D eigenvalue weighted by atomic mass is 32.1. The van der Waals surface area contributed by atoms with Crippen molar-refractivity contribution in [3.8, 4) is 28.3 Å². The molecule has 0 aliphatic carbocycles. The van der Waals surface area contributed by atoms with Gasteiger partial charge in [-0.05, 0) is 62.4 Å². The number of rotatable bonds is 5. The van der Waals surface area contributed by atoms with Gasteiger partial charge in [-0.15, -0.1) is 5.10 Å². The first kappa shape index (κ1) is 23.5. The van der Waals surface area contributed by atoms with E-state index in [2.05, 4.69) is 76.8 Å². The lowest BCUT2D eigenvalue weighted by Gasteiger charge is -2.13. The van der Waals surface area contributed by atoms with E-state index in [0.717, 1.165) is 76.7 Å². The van der Waals surface area contributed by atoms with E-state index in [1.807, 2.05) is 24.3 Å². The van der Waals surface area contributed by atoms with Gasteiger partial charge in [0.25, 0.3) is 0 Å². The molecule has 5 aromatic rings. The molecule has 0 bridgehead atoms. The topological polar surface area (TPSA) is 43.5 Å². The number of nitrogens with one attached hydrogen (secondary N) is 1. The molecule has 2 aromatic heterocycles. The van der Waals surface area contributed by atoms with Gasteiger partial charge < -0.3 is 14.6 Å². The van der Waals surface area contributed by atoms with E-state index in [1.54, 1.807) is 7.11 Å². The van der Waals surface area contributed by atoms with Crippen molar-refractivity contribution >= 4 is 28.5 Å². The molecular weight excluding hydrogens is 476 g/mol. The van der Waals surface area contributed by atoms with E-state index in [-0.39, 0.29) is 0 Å². The van der Waals surface area contributed by atoms with Crippen molar-refractivity contribution in [3.05, 3.63) is 95.2 Å². The minimum absolute atomic E-state index is 0.669. The lowest BCUT2D eigenvalue weighted by molar-refractivity contribution is 0.415. The predicted octanol–water partition coefficient (Wildman–Crippen LogP) is 7.22. The number of aryl methyl sites for hydroxylation is 4. The quantitative estimate of drug-likeness (QED) is 0.256. The number of hydrogen-bond acceptors (Lipinski definition) is 3. The van der Waals surface area contributed by atoms with Crippen LogP contribution < -0.4 is 10.1 Å². The van der Waals surface area contributed by atoms with E-state index >= 15 is 0 Å². The van der Waals surface area contributed by atoms with Crippen molar-refractivity contribution in [2.24, 2.45) is 0 Å². The second-order valence-corrected chi connectivity index (χ2v) is 10.1. The van der Waals surface area contributed by atoms with Crippen molar-refractivity contribution in [2.75, 3.05) is 12.4 Å². The Morgan fingerprint density at radius 2 is 1.65 bits per heavy atom. The van der Waals surface area contributed by atoms with Gasteiger partial charge in [-0.1, -0.05) is 72.4 Å². The normalized spacial score (nSPS) is 12.9. The van der Waals surface area contributed by atoms with Gasteiger partial charge in [0.1, 0.15) is 22.1 Å². The summed E-state index contributed by atoms with van der Waals surface area (Å²) >= 11 is 6.12. The zero-order chi connectivity index (χ0) is 25.5. The fourth-order valence-corrected chi connectivity index (χ4v) is 5.63. The Balaban J connectivity index is 1.60. The van der Waals surface area contributed by atoms with E-state index in [4.69, 9.17) is 22.1 Å². The molecule has 0 atom stereocenters. The van der Waals surface area contributed by atoms with Crippen molar-refractivity contribution in [1.82, 2.24) is 14.2 Å². The van der Waals surface area contributed by atoms with Crippen LogP contribution in [0.15, 0.2) is 72.8 Å². The summed E-state index contributed by atoms with van der Waals surface area (Å²) in [5, 5.41) is 8.76. The molecule has 3 heterocycles. The number of ether oxygens (including phenoxy) is 1. The van der Waals surface area contributed by atoms with E-state index < -0.39 is 0 Å². The zero-order valence-electron chi connectivity index (χ0n) is 21.4. The maximum absolute atomic E-state index is 6.12. The van der Waals surface area contributed by atoms with Crippen molar-refractivity contribution in [3.63, 3.8) is 0 Å². The second kappa shape index (κ2) is 9.52. The molecule has 0 fully saturated rings. The number of benzene rings is 3. The van der Waals surface area contributed by atoms with Crippen LogP contribution in [-0.2, 0) is 13.0 Å². The zero-order valence-corrected chi connectivity index (χ0v) is 22.2. The van der Waals surface area contributed by atoms with Gasteiger partial charge in [0.05, 0.1) is 7.11 Å². The molecule has 1 N–H and O–H groups in total. The summed E-state index contributed by atoms with van der Waals surface area (Å²) in [6.07, 6.45) is 3.22. The first-order valence-electron chi connectivity index (χ1n) is 12.8. The van der Waals surface area contributed by atoms with Crippen LogP contribution in [-0.4, -0.2) is 26.3 Å². The molecule has 0 amide bonds. The Kier molecular flexibility index (Phi) is 6.05. The molecule has 0 radical (unpaired) electrons. The van der Waals surface area contributed by atoms with Crippen LogP contribution >= 0.6 is 12.2 Å². The maximum Gasteiger partial charge on any atom is 0.162 e. The van der Waals surface area contributed by atoms with Gasteiger partial charge in [-0.2, -0.15) is 0 Å². The molecule has 5 nitrogen and oxygen atoms in total. The molecule has 0 unspecified atom stereocenters. The van der Waals surface area contributed by atoms with Crippen molar-refractivity contribution in [1.29, 1.82) is 0 Å². The highest BCUT2D eigenvalue weighted by molar-refractivity contribution is 7.81. The molecule has 6 heteroatoms. The Morgan fingerprint density at radius 1 is 0.919 bits per heavy atom. The number of nitrogens with zero attached hydrogens (tertiary/aromatic N) is 3. The van der Waals surface area contributed by atoms with Gasteiger partial charge in [-0.25, -0.2) is 4.52 Å². The summed E-state index contributed by atoms with van der Waals surface area (Å²) in [5.74, 6) is 1.82. The van der Waals surface area contributed by atoms with E-state index in [0.29, 0.717) is 4.99 Å². The first-order valence-corrected chi connectivity index (χ1v) is 13.2. The van der Waals surface area contributed by atoms with Gasteiger partial charge in [0.15, 0.2) is 5.82 Å². The average Bonchev–Trinajstić information content (AvgIpc) is 3.33. The van der Waals surface area contributed by atoms with Crippen LogP contribution in [0.25, 0.3) is 28.2 Å². The SMILES string of the molecule is COc1ccc(-c2c3c4n(c(-c5ccc(C)cc5)nn4c2C(=S)Nc2ccccc2C)CCCC3)cc1. The van der Waals surface area contributed by atoms with Crippen LogP contribution in [0, 0.1) is 13.8 Å². The van der Waals surface area contributed by atoms with Crippen LogP contribution in [0.3, 0.4) is 0 Å². The molecule has 6 rings (SSSR count). The molecular formula is C31H30N4OS. The number of hydrogen-bond donors (Lipinski definition) is 1. The fourth-order valence-electron chi connectivity index (χ4n) is 5.33. The largest absolute Gasteiger partial charge is 0.497 e. The summed E-state index contributed by atoms with van der Waals surface area (Å²) in [7, 11) is 1.70. The Bertz CT molecular complexity index is 1610. The average molecular weight is 507 g/mol. The van der Waals surface area contributed by atoms with Gasteiger partial charge in [0.2, 0.25) is 0 Å². The van der Waals surface area contributed by atoms with Gasteiger partial charge in [-0.3, -0.25) is 0 Å². The Hall–Kier alpha value is -3.90. The van der Waals surface area contributed by atoms with Crippen molar-refractivity contribution in [2.45, 2.75) is 39.7 Å². The van der Waals surface area contributed by atoms with Gasteiger partial charge >= 0.3 is 0 Å². The lowest BCUT2D eigenvalue weighted by Crippen LogP contribution is -2.15. The smallest absolute Gasteiger partial charge is 0.162 e. The Morgan fingerprint density at radius 3 is 2.38 bits per heavy atom. The Labute approximate surface area is 222 Å². The number of anilines is 1. The fraction of sp³-hybridized carbons (Fsp3) is 0.226. The molecule has 186 valence electrons. The van der Waals surface area contributed by atoms with Crippen LogP contribution in [0.2, 0.25) is 0 Å². The molecule has 37 heavy (non-hydrogen) atoms. The molecule has 0 spiro atoms. The molecule has 1 aliphatic heterocycles. The van der Waals surface area contributed by atoms with E-state index in [9.17, 15) is 0 Å². The second-order valence-electron chi connectivity index (χ2n) is 9.73. The van der Waals surface area contributed by atoms with Crippen LogP contribution in [0.4, 0.5) is 5.69 Å².